The zero-order valence-corrected chi connectivity index (χ0v) is 13.6. The van der Waals surface area contributed by atoms with Crippen LogP contribution in [0.25, 0.3) is 11.1 Å². The molecule has 0 atom stereocenters. The van der Waals surface area contributed by atoms with Crippen LogP contribution >= 0.6 is 15.9 Å². The molecule has 0 saturated carbocycles. The zero-order chi connectivity index (χ0) is 14.1. The summed E-state index contributed by atoms with van der Waals surface area (Å²) in [4.78, 5) is 0. The number of nitrogens with zero attached hydrogens (tertiary/aromatic N) is 2. The van der Waals surface area contributed by atoms with Gasteiger partial charge in [-0.15, -0.1) is 0 Å². The number of halogens is 1. The second-order valence-electron chi connectivity index (χ2n) is 5.55. The Bertz CT molecular complexity index is 612. The minimum atomic E-state index is 0.539. The number of aromatic nitrogens is 2. The number of aryl methyl sites for hydroxylation is 2. The smallest absolute Gasteiger partial charge is 0.0672 e. The quantitative estimate of drug-likeness (QED) is 0.904. The molecule has 1 saturated heterocycles. The van der Waals surface area contributed by atoms with E-state index in [1.807, 2.05) is 0 Å². The highest BCUT2D eigenvalue weighted by Gasteiger charge is 2.17. The highest BCUT2D eigenvalue weighted by Crippen LogP contribution is 2.29. The van der Waals surface area contributed by atoms with Crippen LogP contribution in [0.4, 0.5) is 0 Å². The summed E-state index contributed by atoms with van der Waals surface area (Å²) in [5.41, 5.74) is 4.85. The first-order valence-corrected chi connectivity index (χ1v) is 7.97. The maximum absolute atomic E-state index is 4.74. The van der Waals surface area contributed by atoms with Crippen molar-refractivity contribution in [2.24, 2.45) is 0 Å². The fourth-order valence-electron chi connectivity index (χ4n) is 2.78. The molecule has 1 aliphatic heterocycles. The summed E-state index contributed by atoms with van der Waals surface area (Å²) in [6.07, 6.45) is 4.54. The van der Waals surface area contributed by atoms with Gasteiger partial charge in [0.15, 0.2) is 0 Å². The van der Waals surface area contributed by atoms with Crippen molar-refractivity contribution in [2.75, 3.05) is 13.1 Å². The van der Waals surface area contributed by atoms with Crippen LogP contribution in [0.5, 0.6) is 0 Å². The molecule has 2 aromatic rings. The molecule has 2 heterocycles. The lowest BCUT2D eigenvalue weighted by Gasteiger charge is -2.22. The molecular formula is C16H20BrN3. The molecule has 1 aliphatic rings. The number of hydrogen-bond acceptors (Lipinski definition) is 2. The summed E-state index contributed by atoms with van der Waals surface area (Å²) in [5, 5.41) is 8.14. The molecule has 1 aromatic carbocycles. The van der Waals surface area contributed by atoms with E-state index in [1.165, 1.54) is 16.7 Å². The predicted octanol–water partition coefficient (Wildman–Crippen LogP) is 3.85. The van der Waals surface area contributed by atoms with Crippen LogP contribution in [0.2, 0.25) is 0 Å². The molecule has 1 fully saturated rings. The molecule has 3 rings (SSSR count). The van der Waals surface area contributed by atoms with Crippen molar-refractivity contribution in [3.63, 3.8) is 0 Å². The van der Waals surface area contributed by atoms with Crippen LogP contribution < -0.4 is 5.32 Å². The Kier molecular flexibility index (Phi) is 3.94. The van der Waals surface area contributed by atoms with Gasteiger partial charge in [0.05, 0.1) is 11.7 Å². The fraction of sp³-hybridized carbons (Fsp3) is 0.438. The molecule has 1 N–H and O–H groups in total. The molecule has 0 aliphatic carbocycles. The number of nitrogens with one attached hydrogen (secondary N) is 1. The van der Waals surface area contributed by atoms with Gasteiger partial charge in [-0.3, -0.25) is 4.68 Å². The first-order valence-electron chi connectivity index (χ1n) is 7.18. The van der Waals surface area contributed by atoms with Crippen molar-refractivity contribution in [1.29, 1.82) is 0 Å². The van der Waals surface area contributed by atoms with Gasteiger partial charge in [0.1, 0.15) is 0 Å². The largest absolute Gasteiger partial charge is 0.317 e. The maximum Gasteiger partial charge on any atom is 0.0672 e. The molecule has 20 heavy (non-hydrogen) atoms. The first kappa shape index (κ1) is 13.8. The van der Waals surface area contributed by atoms with E-state index in [0.717, 1.165) is 36.1 Å². The van der Waals surface area contributed by atoms with Crippen LogP contribution in [0.15, 0.2) is 28.9 Å². The monoisotopic (exact) mass is 333 g/mol. The molecule has 0 radical (unpaired) electrons. The second-order valence-corrected chi connectivity index (χ2v) is 6.41. The highest BCUT2D eigenvalue weighted by molar-refractivity contribution is 9.10. The van der Waals surface area contributed by atoms with Gasteiger partial charge in [-0.2, -0.15) is 5.10 Å². The van der Waals surface area contributed by atoms with Gasteiger partial charge in [-0.25, -0.2) is 0 Å². The van der Waals surface area contributed by atoms with Crippen molar-refractivity contribution in [3.8, 4) is 11.1 Å². The van der Waals surface area contributed by atoms with Crippen molar-refractivity contribution in [1.82, 2.24) is 15.1 Å². The Morgan fingerprint density at radius 3 is 2.70 bits per heavy atom. The average molecular weight is 334 g/mol. The topological polar surface area (TPSA) is 29.9 Å². The average Bonchev–Trinajstić information content (AvgIpc) is 2.85. The highest BCUT2D eigenvalue weighted by atomic mass is 79.9. The lowest BCUT2D eigenvalue weighted by atomic mass is 10.0. The third-order valence-corrected chi connectivity index (χ3v) is 4.94. The summed E-state index contributed by atoms with van der Waals surface area (Å²) in [6, 6.07) is 7.06. The van der Waals surface area contributed by atoms with E-state index in [2.05, 4.69) is 64.2 Å². The van der Waals surface area contributed by atoms with E-state index in [9.17, 15) is 0 Å². The van der Waals surface area contributed by atoms with Gasteiger partial charge in [0.2, 0.25) is 0 Å². The number of piperidine rings is 1. The molecule has 106 valence electrons. The van der Waals surface area contributed by atoms with Crippen LogP contribution in [-0.4, -0.2) is 22.9 Å². The second kappa shape index (κ2) is 5.70. The molecule has 4 heteroatoms. The Hall–Kier alpha value is -1.13. The molecule has 0 amide bonds. The summed E-state index contributed by atoms with van der Waals surface area (Å²) in [5.74, 6) is 0. The van der Waals surface area contributed by atoms with Gasteiger partial charge in [-0.1, -0.05) is 28.1 Å². The molecular weight excluding hydrogens is 314 g/mol. The summed E-state index contributed by atoms with van der Waals surface area (Å²) >= 11 is 3.62. The number of rotatable bonds is 2. The van der Waals surface area contributed by atoms with E-state index < -0.39 is 0 Å². The SMILES string of the molecule is Cc1ccc(-c2cn(C3CCNCC3)nc2C)cc1Br. The maximum atomic E-state index is 4.74. The third-order valence-electron chi connectivity index (χ3n) is 4.08. The summed E-state index contributed by atoms with van der Waals surface area (Å²) in [7, 11) is 0. The molecule has 0 unspecified atom stereocenters. The van der Waals surface area contributed by atoms with Crippen LogP contribution in [-0.2, 0) is 0 Å². The fourth-order valence-corrected chi connectivity index (χ4v) is 3.16. The standard InChI is InChI=1S/C16H20BrN3/c1-11-3-4-13(9-16(11)17)15-10-20(19-12(15)2)14-5-7-18-8-6-14/h3-4,9-10,14,18H,5-8H2,1-2H3. The lowest BCUT2D eigenvalue weighted by Crippen LogP contribution is -2.29. The normalized spacial score (nSPS) is 16.6. The van der Waals surface area contributed by atoms with Crippen molar-refractivity contribution in [3.05, 3.63) is 40.1 Å². The summed E-state index contributed by atoms with van der Waals surface area (Å²) < 4.78 is 3.32. The minimum absolute atomic E-state index is 0.539. The van der Waals surface area contributed by atoms with Crippen molar-refractivity contribution < 1.29 is 0 Å². The van der Waals surface area contributed by atoms with Gasteiger partial charge in [-0.05, 0) is 57.0 Å². The van der Waals surface area contributed by atoms with Gasteiger partial charge >= 0.3 is 0 Å². The van der Waals surface area contributed by atoms with Crippen molar-refractivity contribution >= 4 is 15.9 Å². The number of benzene rings is 1. The lowest BCUT2D eigenvalue weighted by molar-refractivity contribution is 0.342. The van der Waals surface area contributed by atoms with Gasteiger partial charge in [0, 0.05) is 16.2 Å². The van der Waals surface area contributed by atoms with E-state index in [0.29, 0.717) is 6.04 Å². The third kappa shape index (κ3) is 2.67. The van der Waals surface area contributed by atoms with Gasteiger partial charge < -0.3 is 5.32 Å². The molecule has 1 aromatic heterocycles. The Balaban J connectivity index is 1.93. The van der Waals surface area contributed by atoms with Gasteiger partial charge in [0.25, 0.3) is 0 Å². The molecule has 0 bridgehead atoms. The molecule has 3 nitrogen and oxygen atoms in total. The Morgan fingerprint density at radius 2 is 2.00 bits per heavy atom. The minimum Gasteiger partial charge on any atom is -0.317 e. The van der Waals surface area contributed by atoms with E-state index in [4.69, 9.17) is 5.10 Å². The van der Waals surface area contributed by atoms with E-state index in [-0.39, 0.29) is 0 Å². The Labute approximate surface area is 128 Å². The number of hydrogen-bond donors (Lipinski definition) is 1. The van der Waals surface area contributed by atoms with Crippen LogP contribution in [0.1, 0.15) is 30.1 Å². The summed E-state index contributed by atoms with van der Waals surface area (Å²) in [6.45, 7) is 6.39. The molecule has 0 spiro atoms. The Morgan fingerprint density at radius 1 is 1.25 bits per heavy atom. The van der Waals surface area contributed by atoms with E-state index in [1.54, 1.807) is 0 Å². The van der Waals surface area contributed by atoms with Crippen LogP contribution in [0.3, 0.4) is 0 Å². The van der Waals surface area contributed by atoms with E-state index >= 15 is 0 Å². The van der Waals surface area contributed by atoms with Crippen LogP contribution in [0, 0.1) is 13.8 Å². The zero-order valence-electron chi connectivity index (χ0n) is 12.0. The predicted molar refractivity (Wildman–Crippen MR) is 86.0 cm³/mol. The van der Waals surface area contributed by atoms with Crippen molar-refractivity contribution in [2.45, 2.75) is 32.7 Å². The first-order chi connectivity index (χ1) is 9.65.